The number of benzene rings is 1. The summed E-state index contributed by atoms with van der Waals surface area (Å²) in [4.78, 5) is 11.6. The first-order valence-corrected chi connectivity index (χ1v) is 6.61. The van der Waals surface area contributed by atoms with E-state index in [1.54, 1.807) is 12.1 Å². The van der Waals surface area contributed by atoms with Crippen molar-refractivity contribution in [3.05, 3.63) is 28.7 Å². The highest BCUT2D eigenvalue weighted by molar-refractivity contribution is 9.10. The van der Waals surface area contributed by atoms with Crippen molar-refractivity contribution in [2.75, 3.05) is 13.2 Å². The lowest BCUT2D eigenvalue weighted by Crippen LogP contribution is -2.43. The van der Waals surface area contributed by atoms with Crippen LogP contribution in [0, 0.1) is 5.92 Å². The number of halogens is 1. The largest absolute Gasteiger partial charge is 0.484 e. The maximum atomic E-state index is 11.6. The Morgan fingerprint density at radius 3 is 2.50 bits per heavy atom. The summed E-state index contributed by atoms with van der Waals surface area (Å²) in [5.74, 6) is 0.593. The number of aliphatic hydroxyl groups is 1. The first kappa shape index (κ1) is 15.0. The van der Waals surface area contributed by atoms with Crippen molar-refractivity contribution in [1.82, 2.24) is 5.32 Å². The predicted octanol–water partition coefficient (Wildman–Crippen LogP) is 1.96. The van der Waals surface area contributed by atoms with Gasteiger partial charge < -0.3 is 15.2 Å². The number of hydrogen-bond donors (Lipinski definition) is 2. The first-order valence-electron chi connectivity index (χ1n) is 5.81. The highest BCUT2D eigenvalue weighted by Crippen LogP contribution is 2.15. The molecule has 5 heteroatoms. The van der Waals surface area contributed by atoms with Crippen LogP contribution in [0.2, 0.25) is 0 Å². The number of aliphatic hydroxyl groups excluding tert-OH is 1. The summed E-state index contributed by atoms with van der Waals surface area (Å²) in [5, 5.41) is 11.8. The molecule has 100 valence electrons. The Labute approximate surface area is 115 Å². The Bertz CT molecular complexity index is 378. The first-order chi connectivity index (χ1) is 8.52. The van der Waals surface area contributed by atoms with Crippen molar-refractivity contribution in [2.45, 2.75) is 19.9 Å². The number of hydrogen-bond acceptors (Lipinski definition) is 3. The van der Waals surface area contributed by atoms with Crippen LogP contribution < -0.4 is 10.1 Å². The van der Waals surface area contributed by atoms with E-state index in [1.165, 1.54) is 0 Å². The van der Waals surface area contributed by atoms with Crippen LogP contribution in [0.25, 0.3) is 0 Å². The van der Waals surface area contributed by atoms with E-state index in [-0.39, 0.29) is 31.1 Å². The van der Waals surface area contributed by atoms with E-state index in [1.807, 2.05) is 26.0 Å². The SMILES string of the molecule is CC(C)[C@@H](CO)NC(=O)COc1ccc(Br)cc1. The fourth-order valence-electron chi connectivity index (χ4n) is 1.35. The lowest BCUT2D eigenvalue weighted by atomic mass is 10.1. The van der Waals surface area contributed by atoms with Gasteiger partial charge in [0, 0.05) is 4.47 Å². The Balaban J connectivity index is 2.39. The van der Waals surface area contributed by atoms with Gasteiger partial charge in [-0.2, -0.15) is 0 Å². The van der Waals surface area contributed by atoms with Gasteiger partial charge in [0.05, 0.1) is 12.6 Å². The Kier molecular flexibility index (Phi) is 6.15. The fraction of sp³-hybridized carbons (Fsp3) is 0.462. The molecule has 0 aliphatic rings. The van der Waals surface area contributed by atoms with Crippen molar-refractivity contribution >= 4 is 21.8 Å². The summed E-state index contributed by atoms with van der Waals surface area (Å²) in [6, 6.07) is 7.02. The average Bonchev–Trinajstić information content (AvgIpc) is 2.35. The van der Waals surface area contributed by atoms with E-state index in [0.717, 1.165) is 4.47 Å². The summed E-state index contributed by atoms with van der Waals surface area (Å²) >= 11 is 3.32. The van der Waals surface area contributed by atoms with Crippen LogP contribution in [0.3, 0.4) is 0 Å². The molecule has 1 aromatic carbocycles. The van der Waals surface area contributed by atoms with E-state index >= 15 is 0 Å². The van der Waals surface area contributed by atoms with E-state index in [4.69, 9.17) is 9.84 Å². The quantitative estimate of drug-likeness (QED) is 0.843. The molecule has 0 heterocycles. The topological polar surface area (TPSA) is 58.6 Å². The van der Waals surface area contributed by atoms with Crippen molar-refractivity contribution in [3.8, 4) is 5.75 Å². The monoisotopic (exact) mass is 315 g/mol. The fourth-order valence-corrected chi connectivity index (χ4v) is 1.62. The normalized spacial score (nSPS) is 12.3. The van der Waals surface area contributed by atoms with Gasteiger partial charge >= 0.3 is 0 Å². The van der Waals surface area contributed by atoms with Gasteiger partial charge in [0.2, 0.25) is 0 Å². The molecule has 0 aliphatic heterocycles. The second-order valence-electron chi connectivity index (χ2n) is 4.34. The van der Waals surface area contributed by atoms with Gasteiger partial charge in [-0.05, 0) is 30.2 Å². The second kappa shape index (κ2) is 7.38. The molecule has 1 amide bonds. The molecular formula is C13H18BrNO3. The highest BCUT2D eigenvalue weighted by Gasteiger charge is 2.15. The number of amides is 1. The van der Waals surface area contributed by atoms with E-state index < -0.39 is 0 Å². The zero-order valence-corrected chi connectivity index (χ0v) is 12.1. The number of carbonyl (C=O) groups excluding carboxylic acids is 1. The van der Waals surface area contributed by atoms with Gasteiger partial charge in [-0.1, -0.05) is 29.8 Å². The summed E-state index contributed by atoms with van der Waals surface area (Å²) in [6.07, 6.45) is 0. The molecule has 0 aliphatic carbocycles. The molecule has 0 saturated carbocycles. The number of carbonyl (C=O) groups is 1. The summed E-state index contributed by atoms with van der Waals surface area (Å²) in [7, 11) is 0. The van der Waals surface area contributed by atoms with Crippen molar-refractivity contribution < 1.29 is 14.6 Å². The highest BCUT2D eigenvalue weighted by atomic mass is 79.9. The molecule has 1 atom stereocenters. The predicted molar refractivity (Wildman–Crippen MR) is 73.5 cm³/mol. The van der Waals surface area contributed by atoms with Crippen molar-refractivity contribution in [3.63, 3.8) is 0 Å². The van der Waals surface area contributed by atoms with Crippen LogP contribution in [0.1, 0.15) is 13.8 Å². The van der Waals surface area contributed by atoms with E-state index in [9.17, 15) is 4.79 Å². The van der Waals surface area contributed by atoms with Crippen LogP contribution in [0.4, 0.5) is 0 Å². The van der Waals surface area contributed by atoms with Gasteiger partial charge in [0.25, 0.3) is 5.91 Å². The van der Waals surface area contributed by atoms with Gasteiger partial charge in [0.15, 0.2) is 6.61 Å². The molecule has 4 nitrogen and oxygen atoms in total. The van der Waals surface area contributed by atoms with Gasteiger partial charge in [-0.25, -0.2) is 0 Å². The summed E-state index contributed by atoms with van der Waals surface area (Å²) < 4.78 is 6.29. The Morgan fingerprint density at radius 2 is 2.00 bits per heavy atom. The number of nitrogens with one attached hydrogen (secondary N) is 1. The molecule has 18 heavy (non-hydrogen) atoms. The molecule has 1 rings (SSSR count). The number of rotatable bonds is 6. The van der Waals surface area contributed by atoms with Gasteiger partial charge in [0.1, 0.15) is 5.75 Å². The molecule has 0 radical (unpaired) electrons. The minimum atomic E-state index is -0.231. The van der Waals surface area contributed by atoms with Crippen molar-refractivity contribution in [2.24, 2.45) is 5.92 Å². The third-order valence-electron chi connectivity index (χ3n) is 2.53. The Hall–Kier alpha value is -1.07. The van der Waals surface area contributed by atoms with Crippen LogP contribution in [-0.2, 0) is 4.79 Å². The van der Waals surface area contributed by atoms with Gasteiger partial charge in [-0.3, -0.25) is 4.79 Å². The van der Waals surface area contributed by atoms with Gasteiger partial charge in [-0.15, -0.1) is 0 Å². The summed E-state index contributed by atoms with van der Waals surface area (Å²) in [5.41, 5.74) is 0. The molecule has 0 unspecified atom stereocenters. The zero-order valence-electron chi connectivity index (χ0n) is 10.5. The van der Waals surface area contributed by atoms with Crippen LogP contribution in [-0.4, -0.2) is 30.3 Å². The standard InChI is InChI=1S/C13H18BrNO3/c1-9(2)12(7-16)15-13(17)8-18-11-5-3-10(14)4-6-11/h3-6,9,12,16H,7-8H2,1-2H3,(H,15,17)/t12-/m1/s1. The molecule has 0 fully saturated rings. The maximum absolute atomic E-state index is 11.6. The van der Waals surface area contributed by atoms with Crippen molar-refractivity contribution in [1.29, 1.82) is 0 Å². The van der Waals surface area contributed by atoms with Crippen LogP contribution >= 0.6 is 15.9 Å². The summed E-state index contributed by atoms with van der Waals surface area (Å²) in [6.45, 7) is 3.76. The lowest BCUT2D eigenvalue weighted by Gasteiger charge is -2.19. The molecule has 0 spiro atoms. The molecule has 0 saturated heterocycles. The number of ether oxygens (including phenoxy) is 1. The molecule has 2 N–H and O–H groups in total. The molecular weight excluding hydrogens is 298 g/mol. The third kappa shape index (κ3) is 5.06. The molecule has 0 aromatic heterocycles. The maximum Gasteiger partial charge on any atom is 0.258 e. The van der Waals surface area contributed by atoms with Crippen LogP contribution in [0.5, 0.6) is 5.75 Å². The third-order valence-corrected chi connectivity index (χ3v) is 3.06. The lowest BCUT2D eigenvalue weighted by molar-refractivity contribution is -0.124. The Morgan fingerprint density at radius 1 is 1.39 bits per heavy atom. The molecule has 0 bridgehead atoms. The average molecular weight is 316 g/mol. The minimum absolute atomic E-state index is 0.0507. The molecule has 1 aromatic rings. The zero-order chi connectivity index (χ0) is 13.5. The second-order valence-corrected chi connectivity index (χ2v) is 5.26. The minimum Gasteiger partial charge on any atom is -0.484 e. The smallest absolute Gasteiger partial charge is 0.258 e. The van der Waals surface area contributed by atoms with Crippen LogP contribution in [0.15, 0.2) is 28.7 Å². The van der Waals surface area contributed by atoms with E-state index in [0.29, 0.717) is 5.75 Å². The van der Waals surface area contributed by atoms with E-state index in [2.05, 4.69) is 21.2 Å².